The molecule has 2 N–H and O–H groups in total. The van der Waals surface area contributed by atoms with E-state index in [2.05, 4.69) is 0 Å². The summed E-state index contributed by atoms with van der Waals surface area (Å²) in [5.74, 6) is -1.19. The Morgan fingerprint density at radius 3 is 1.52 bits per heavy atom. The van der Waals surface area contributed by atoms with E-state index in [1.54, 1.807) is 0 Å². The molecule has 1 unspecified atom stereocenters. The highest BCUT2D eigenvalue weighted by Gasteiger charge is 2.39. The SMILES string of the molecule is CC(F)(CC(N)=O)c1cc(C(F)(F)F)cc(C(F)(F)F)c1. The van der Waals surface area contributed by atoms with Gasteiger partial charge in [-0.05, 0) is 30.7 Å². The molecule has 0 saturated carbocycles. The van der Waals surface area contributed by atoms with Gasteiger partial charge in [-0.1, -0.05) is 0 Å². The van der Waals surface area contributed by atoms with E-state index in [-0.39, 0.29) is 18.2 Å². The first-order valence-corrected chi connectivity index (χ1v) is 5.50. The minimum atomic E-state index is -5.08. The number of halogens is 7. The summed E-state index contributed by atoms with van der Waals surface area (Å²) in [6.45, 7) is 0.688. The number of benzene rings is 1. The van der Waals surface area contributed by atoms with Crippen molar-refractivity contribution < 1.29 is 35.5 Å². The lowest BCUT2D eigenvalue weighted by molar-refractivity contribution is -0.143. The predicted molar refractivity (Wildman–Crippen MR) is 58.7 cm³/mol. The zero-order valence-corrected chi connectivity index (χ0v) is 10.6. The summed E-state index contributed by atoms with van der Waals surface area (Å²) in [7, 11) is 0. The Morgan fingerprint density at radius 1 is 0.905 bits per heavy atom. The van der Waals surface area contributed by atoms with Crippen LogP contribution in [0.1, 0.15) is 30.0 Å². The van der Waals surface area contributed by atoms with Crippen LogP contribution < -0.4 is 5.73 Å². The first-order valence-electron chi connectivity index (χ1n) is 5.50. The molecule has 21 heavy (non-hydrogen) atoms. The molecule has 1 atom stereocenters. The molecule has 0 heterocycles. The first-order chi connectivity index (χ1) is 9.23. The van der Waals surface area contributed by atoms with Gasteiger partial charge in [0.15, 0.2) is 0 Å². The number of alkyl halides is 7. The molecular weight excluding hydrogens is 307 g/mol. The van der Waals surface area contributed by atoms with Gasteiger partial charge in [0, 0.05) is 0 Å². The van der Waals surface area contributed by atoms with Gasteiger partial charge in [0.25, 0.3) is 0 Å². The zero-order valence-electron chi connectivity index (χ0n) is 10.6. The number of primary amides is 1. The molecule has 0 saturated heterocycles. The van der Waals surface area contributed by atoms with Gasteiger partial charge in [-0.15, -0.1) is 0 Å². The molecule has 0 bridgehead atoms. The van der Waals surface area contributed by atoms with E-state index in [9.17, 15) is 35.5 Å². The summed E-state index contributed by atoms with van der Waals surface area (Å²) in [6.07, 6.45) is -11.2. The molecule has 1 aromatic carbocycles. The fourth-order valence-electron chi connectivity index (χ4n) is 1.69. The number of hydrogen-bond acceptors (Lipinski definition) is 1. The molecule has 1 aromatic rings. The van der Waals surface area contributed by atoms with Crippen molar-refractivity contribution >= 4 is 5.91 Å². The molecule has 0 fully saturated rings. The second-order valence-corrected chi connectivity index (χ2v) is 4.64. The third kappa shape index (κ3) is 4.33. The van der Waals surface area contributed by atoms with Crippen molar-refractivity contribution in [1.82, 2.24) is 0 Å². The average Bonchev–Trinajstić information content (AvgIpc) is 2.24. The molecule has 0 aliphatic heterocycles. The van der Waals surface area contributed by atoms with E-state index < -0.39 is 47.0 Å². The summed E-state index contributed by atoms with van der Waals surface area (Å²) < 4.78 is 89.8. The number of rotatable bonds is 3. The standard InChI is InChI=1S/C12H10F7NO/c1-10(13,5-9(20)21)6-2-7(11(14,15)16)4-8(3-6)12(17,18)19/h2-4H,5H2,1H3,(H2,20,21). The monoisotopic (exact) mass is 317 g/mol. The highest BCUT2D eigenvalue weighted by molar-refractivity contribution is 5.75. The van der Waals surface area contributed by atoms with Gasteiger partial charge in [-0.2, -0.15) is 26.3 Å². The topological polar surface area (TPSA) is 43.1 Å². The number of nitrogens with two attached hydrogens (primary N) is 1. The van der Waals surface area contributed by atoms with Crippen molar-refractivity contribution in [3.8, 4) is 0 Å². The molecule has 9 heteroatoms. The van der Waals surface area contributed by atoms with Crippen LogP contribution in [0.25, 0.3) is 0 Å². The van der Waals surface area contributed by atoms with Crippen LogP contribution in [0.3, 0.4) is 0 Å². The largest absolute Gasteiger partial charge is 0.416 e. The van der Waals surface area contributed by atoms with Crippen molar-refractivity contribution in [3.63, 3.8) is 0 Å². The Bertz CT molecular complexity index is 513. The van der Waals surface area contributed by atoms with Crippen LogP contribution >= 0.6 is 0 Å². The number of carbonyl (C=O) groups is 1. The van der Waals surface area contributed by atoms with Crippen molar-refractivity contribution in [2.45, 2.75) is 31.4 Å². The predicted octanol–water partition coefficient (Wildman–Crippen LogP) is 3.78. The molecule has 2 nitrogen and oxygen atoms in total. The lowest BCUT2D eigenvalue weighted by Gasteiger charge is -2.22. The maximum absolute atomic E-state index is 14.2. The Kier molecular flexibility index (Phi) is 4.27. The molecule has 0 radical (unpaired) electrons. The quantitative estimate of drug-likeness (QED) is 0.847. The second kappa shape index (κ2) is 5.19. The Morgan fingerprint density at radius 2 is 1.24 bits per heavy atom. The maximum Gasteiger partial charge on any atom is 0.416 e. The summed E-state index contributed by atoms with van der Waals surface area (Å²) in [5, 5.41) is 0. The van der Waals surface area contributed by atoms with Crippen molar-refractivity contribution in [3.05, 3.63) is 34.9 Å². The van der Waals surface area contributed by atoms with Crippen molar-refractivity contribution in [1.29, 1.82) is 0 Å². The lowest BCUT2D eigenvalue weighted by atomic mass is 9.90. The van der Waals surface area contributed by atoms with Crippen LogP contribution in [0.2, 0.25) is 0 Å². The molecule has 0 spiro atoms. The van der Waals surface area contributed by atoms with Gasteiger partial charge in [-0.25, -0.2) is 4.39 Å². The van der Waals surface area contributed by atoms with Gasteiger partial charge in [-0.3, -0.25) is 4.79 Å². The number of carbonyl (C=O) groups excluding carboxylic acids is 1. The minimum Gasteiger partial charge on any atom is -0.370 e. The van der Waals surface area contributed by atoms with E-state index in [4.69, 9.17) is 5.73 Å². The molecule has 0 aliphatic carbocycles. The maximum atomic E-state index is 14.2. The number of amides is 1. The van der Waals surface area contributed by atoms with Crippen LogP contribution in [0.15, 0.2) is 18.2 Å². The van der Waals surface area contributed by atoms with E-state index in [0.717, 1.165) is 0 Å². The van der Waals surface area contributed by atoms with E-state index in [0.29, 0.717) is 6.92 Å². The van der Waals surface area contributed by atoms with Gasteiger partial charge in [0.05, 0.1) is 17.5 Å². The lowest BCUT2D eigenvalue weighted by Crippen LogP contribution is -2.26. The molecule has 118 valence electrons. The van der Waals surface area contributed by atoms with Crippen molar-refractivity contribution in [2.24, 2.45) is 5.73 Å². The van der Waals surface area contributed by atoms with Crippen LogP contribution in [-0.2, 0) is 22.8 Å². The molecular formula is C12H10F7NO. The van der Waals surface area contributed by atoms with Crippen LogP contribution in [0.4, 0.5) is 30.7 Å². The third-order valence-electron chi connectivity index (χ3n) is 2.70. The smallest absolute Gasteiger partial charge is 0.370 e. The number of hydrogen-bond donors (Lipinski definition) is 1. The fourth-order valence-corrected chi connectivity index (χ4v) is 1.69. The molecule has 0 aliphatic rings. The van der Waals surface area contributed by atoms with Crippen LogP contribution in [0, 0.1) is 0 Å². The summed E-state index contributed by atoms with van der Waals surface area (Å²) >= 11 is 0. The van der Waals surface area contributed by atoms with Gasteiger partial charge in [0.1, 0.15) is 5.67 Å². The Balaban J connectivity index is 3.49. The molecule has 1 rings (SSSR count). The summed E-state index contributed by atoms with van der Waals surface area (Å²) in [6, 6.07) is 0.347. The van der Waals surface area contributed by atoms with E-state index in [1.165, 1.54) is 0 Å². The van der Waals surface area contributed by atoms with Gasteiger partial charge >= 0.3 is 12.4 Å². The second-order valence-electron chi connectivity index (χ2n) is 4.64. The van der Waals surface area contributed by atoms with Crippen LogP contribution in [0.5, 0.6) is 0 Å². The van der Waals surface area contributed by atoms with E-state index >= 15 is 0 Å². The summed E-state index contributed by atoms with van der Waals surface area (Å²) in [5.41, 5.74) is -2.22. The minimum absolute atomic E-state index is 0.121. The molecule has 1 amide bonds. The summed E-state index contributed by atoms with van der Waals surface area (Å²) in [4.78, 5) is 10.7. The highest BCUT2D eigenvalue weighted by atomic mass is 19.4. The van der Waals surface area contributed by atoms with E-state index in [1.807, 2.05) is 0 Å². The Labute approximate surface area is 114 Å². The average molecular weight is 317 g/mol. The third-order valence-corrected chi connectivity index (χ3v) is 2.70. The van der Waals surface area contributed by atoms with Crippen molar-refractivity contribution in [2.75, 3.05) is 0 Å². The van der Waals surface area contributed by atoms with Gasteiger partial charge < -0.3 is 5.73 Å². The fraction of sp³-hybridized carbons (Fsp3) is 0.417. The normalized spacial score (nSPS) is 15.6. The Hall–Kier alpha value is -1.80. The van der Waals surface area contributed by atoms with Crippen LogP contribution in [-0.4, -0.2) is 5.91 Å². The first kappa shape index (κ1) is 17.3. The molecule has 0 aromatic heterocycles. The highest BCUT2D eigenvalue weighted by Crippen LogP contribution is 2.40. The zero-order chi connectivity index (χ0) is 16.6. The van der Waals surface area contributed by atoms with Gasteiger partial charge in [0.2, 0.25) is 5.91 Å².